The van der Waals surface area contributed by atoms with Crippen LogP contribution in [0.15, 0.2) is 36.7 Å². The van der Waals surface area contributed by atoms with Crippen molar-refractivity contribution in [2.45, 2.75) is 26.8 Å². The Morgan fingerprint density at radius 1 is 1.26 bits per heavy atom. The lowest BCUT2D eigenvalue weighted by atomic mass is 10.2. The molecule has 0 bridgehead atoms. The summed E-state index contributed by atoms with van der Waals surface area (Å²) in [6.45, 7) is 6.02. The highest BCUT2D eigenvalue weighted by Gasteiger charge is 2.03. The van der Waals surface area contributed by atoms with Gasteiger partial charge in [-0.2, -0.15) is 0 Å². The Kier molecular flexibility index (Phi) is 4.86. The topological polar surface area (TPSA) is 47.0 Å². The first-order chi connectivity index (χ1) is 9.29. The van der Waals surface area contributed by atoms with E-state index in [9.17, 15) is 0 Å². The molecule has 2 aromatic rings. The van der Waals surface area contributed by atoms with Crippen molar-refractivity contribution in [2.75, 3.05) is 6.54 Å². The maximum atomic E-state index is 5.65. The second-order valence-corrected chi connectivity index (χ2v) is 4.36. The number of nitrogens with one attached hydrogen (secondary N) is 1. The predicted octanol–water partition coefficient (Wildman–Crippen LogP) is 3.08. The molecule has 0 amide bonds. The first kappa shape index (κ1) is 13.5. The van der Waals surface area contributed by atoms with Crippen LogP contribution in [0.5, 0.6) is 11.6 Å². The summed E-state index contributed by atoms with van der Waals surface area (Å²) in [4.78, 5) is 8.47. The van der Waals surface area contributed by atoms with Gasteiger partial charge in [-0.1, -0.05) is 13.0 Å². The Labute approximate surface area is 113 Å². The minimum absolute atomic E-state index is 0.602. The van der Waals surface area contributed by atoms with E-state index in [1.54, 1.807) is 12.4 Å². The van der Waals surface area contributed by atoms with E-state index < -0.39 is 0 Å². The third kappa shape index (κ3) is 4.03. The van der Waals surface area contributed by atoms with Gasteiger partial charge < -0.3 is 10.1 Å². The predicted molar refractivity (Wildman–Crippen MR) is 75.3 cm³/mol. The van der Waals surface area contributed by atoms with Gasteiger partial charge in [-0.25, -0.2) is 4.98 Å². The molecule has 0 atom stereocenters. The molecule has 2 heterocycles. The molecular weight excluding hydrogens is 238 g/mol. The van der Waals surface area contributed by atoms with Gasteiger partial charge in [-0.05, 0) is 37.6 Å². The number of hydrogen-bond acceptors (Lipinski definition) is 4. The number of nitrogens with zero attached hydrogens (tertiary/aromatic N) is 2. The third-order valence-electron chi connectivity index (χ3n) is 2.77. The number of aromatic nitrogens is 2. The summed E-state index contributed by atoms with van der Waals surface area (Å²) in [5.41, 5.74) is 2.19. The summed E-state index contributed by atoms with van der Waals surface area (Å²) in [6.07, 6.45) is 4.52. The van der Waals surface area contributed by atoms with Crippen molar-refractivity contribution in [2.24, 2.45) is 0 Å². The molecule has 0 unspecified atom stereocenters. The molecule has 1 N–H and O–H groups in total. The van der Waals surface area contributed by atoms with Gasteiger partial charge in [0.15, 0.2) is 0 Å². The average Bonchev–Trinajstić information content (AvgIpc) is 2.43. The molecular formula is C15H19N3O. The van der Waals surface area contributed by atoms with Gasteiger partial charge in [0.1, 0.15) is 5.75 Å². The quantitative estimate of drug-likeness (QED) is 0.808. The Bertz CT molecular complexity index is 514. The van der Waals surface area contributed by atoms with Gasteiger partial charge in [0.05, 0.1) is 6.20 Å². The van der Waals surface area contributed by atoms with E-state index in [-0.39, 0.29) is 0 Å². The molecule has 0 fully saturated rings. The van der Waals surface area contributed by atoms with E-state index in [2.05, 4.69) is 28.3 Å². The summed E-state index contributed by atoms with van der Waals surface area (Å²) >= 11 is 0. The van der Waals surface area contributed by atoms with E-state index in [4.69, 9.17) is 4.74 Å². The van der Waals surface area contributed by atoms with Crippen LogP contribution in [-0.2, 0) is 6.54 Å². The second-order valence-electron chi connectivity index (χ2n) is 4.36. The summed E-state index contributed by atoms with van der Waals surface area (Å²) in [7, 11) is 0. The molecule has 100 valence electrons. The zero-order valence-electron chi connectivity index (χ0n) is 11.4. The minimum Gasteiger partial charge on any atom is -0.437 e. The number of pyridine rings is 2. The molecule has 0 aromatic carbocycles. The lowest BCUT2D eigenvalue weighted by Gasteiger charge is -2.09. The molecule has 4 nitrogen and oxygen atoms in total. The van der Waals surface area contributed by atoms with Crippen molar-refractivity contribution in [3.8, 4) is 11.6 Å². The highest BCUT2D eigenvalue weighted by atomic mass is 16.5. The van der Waals surface area contributed by atoms with Crippen molar-refractivity contribution < 1.29 is 4.74 Å². The monoisotopic (exact) mass is 257 g/mol. The fourth-order valence-electron chi connectivity index (χ4n) is 1.74. The molecule has 2 rings (SSSR count). The van der Waals surface area contributed by atoms with Crippen LogP contribution in [0, 0.1) is 6.92 Å². The van der Waals surface area contributed by atoms with Crippen molar-refractivity contribution in [1.82, 2.24) is 15.3 Å². The zero-order valence-corrected chi connectivity index (χ0v) is 11.4. The van der Waals surface area contributed by atoms with Gasteiger partial charge in [0.25, 0.3) is 0 Å². The van der Waals surface area contributed by atoms with Crippen molar-refractivity contribution in [3.63, 3.8) is 0 Å². The second kappa shape index (κ2) is 6.85. The minimum atomic E-state index is 0.602. The summed E-state index contributed by atoms with van der Waals surface area (Å²) in [5, 5.41) is 3.37. The molecule has 0 aliphatic rings. The smallest absolute Gasteiger partial charge is 0.219 e. The molecule has 0 aliphatic carbocycles. The number of hydrogen-bond donors (Lipinski definition) is 1. The lowest BCUT2D eigenvalue weighted by Crippen LogP contribution is -2.15. The average molecular weight is 257 g/mol. The number of rotatable bonds is 6. The van der Waals surface area contributed by atoms with Crippen molar-refractivity contribution >= 4 is 0 Å². The van der Waals surface area contributed by atoms with Gasteiger partial charge in [-0.15, -0.1) is 0 Å². The van der Waals surface area contributed by atoms with Crippen LogP contribution in [0.4, 0.5) is 0 Å². The third-order valence-corrected chi connectivity index (χ3v) is 2.77. The Morgan fingerprint density at radius 3 is 2.84 bits per heavy atom. The van der Waals surface area contributed by atoms with Crippen molar-refractivity contribution in [1.29, 1.82) is 0 Å². The van der Waals surface area contributed by atoms with E-state index >= 15 is 0 Å². The molecule has 0 saturated heterocycles. The van der Waals surface area contributed by atoms with Crippen LogP contribution in [0.25, 0.3) is 0 Å². The van der Waals surface area contributed by atoms with E-state index in [0.717, 1.165) is 25.2 Å². The molecule has 0 radical (unpaired) electrons. The van der Waals surface area contributed by atoms with Gasteiger partial charge >= 0.3 is 0 Å². The molecule has 0 spiro atoms. The summed E-state index contributed by atoms with van der Waals surface area (Å²) in [5.74, 6) is 1.30. The van der Waals surface area contributed by atoms with Crippen LogP contribution in [0.3, 0.4) is 0 Å². The number of aryl methyl sites for hydroxylation is 1. The molecule has 2 aromatic heterocycles. The van der Waals surface area contributed by atoms with Crippen LogP contribution >= 0.6 is 0 Å². The van der Waals surface area contributed by atoms with Gasteiger partial charge in [-0.3, -0.25) is 4.98 Å². The largest absolute Gasteiger partial charge is 0.437 e. The van der Waals surface area contributed by atoms with Crippen LogP contribution in [0.1, 0.15) is 24.6 Å². The highest BCUT2D eigenvalue weighted by Crippen LogP contribution is 2.19. The first-order valence-corrected chi connectivity index (χ1v) is 6.54. The van der Waals surface area contributed by atoms with Crippen molar-refractivity contribution in [3.05, 3.63) is 47.9 Å². The Hall–Kier alpha value is -1.94. The molecule has 0 aliphatic heterocycles. The van der Waals surface area contributed by atoms with Crippen LogP contribution < -0.4 is 10.1 Å². The Balaban J connectivity index is 2.02. The fourth-order valence-corrected chi connectivity index (χ4v) is 1.74. The number of ether oxygens (including phenoxy) is 1. The molecule has 19 heavy (non-hydrogen) atoms. The van der Waals surface area contributed by atoms with Gasteiger partial charge in [0, 0.05) is 24.5 Å². The maximum absolute atomic E-state index is 5.65. The van der Waals surface area contributed by atoms with E-state index in [0.29, 0.717) is 11.6 Å². The Morgan fingerprint density at radius 2 is 2.16 bits per heavy atom. The van der Waals surface area contributed by atoms with E-state index in [1.807, 2.05) is 25.1 Å². The van der Waals surface area contributed by atoms with Gasteiger partial charge in [0.2, 0.25) is 5.88 Å². The highest BCUT2D eigenvalue weighted by molar-refractivity contribution is 5.28. The summed E-state index contributed by atoms with van der Waals surface area (Å²) < 4.78 is 5.65. The summed E-state index contributed by atoms with van der Waals surface area (Å²) in [6, 6.07) is 7.64. The normalized spacial score (nSPS) is 10.4. The molecule has 0 saturated carbocycles. The SMILES string of the molecule is CCCNCc1ccc(Oc2cccnc2)nc1C. The van der Waals surface area contributed by atoms with Crippen LogP contribution in [-0.4, -0.2) is 16.5 Å². The maximum Gasteiger partial charge on any atom is 0.219 e. The molecule has 4 heteroatoms. The lowest BCUT2D eigenvalue weighted by molar-refractivity contribution is 0.458. The zero-order chi connectivity index (χ0) is 13.5. The fraction of sp³-hybridized carbons (Fsp3) is 0.333. The van der Waals surface area contributed by atoms with E-state index in [1.165, 1.54) is 5.56 Å². The standard InChI is InChI=1S/C15H19N3O/c1-3-8-16-10-13-6-7-15(18-12(13)2)19-14-5-4-9-17-11-14/h4-7,9,11,16H,3,8,10H2,1-2H3. The van der Waals surface area contributed by atoms with Crippen LogP contribution in [0.2, 0.25) is 0 Å². The first-order valence-electron chi connectivity index (χ1n) is 6.54.